The first-order valence-electron chi connectivity index (χ1n) is 22.8. The summed E-state index contributed by atoms with van der Waals surface area (Å²) in [5.74, 6) is 0. The second-order valence-electron chi connectivity index (χ2n) is 17.2. The molecule has 0 bridgehead atoms. The summed E-state index contributed by atoms with van der Waals surface area (Å²) in [6, 6.07) is 100. The van der Waals surface area contributed by atoms with E-state index < -0.39 is 5.41 Å². The Morgan fingerprint density at radius 3 is 1.50 bits per heavy atom. The van der Waals surface area contributed by atoms with Gasteiger partial charge in [-0.25, -0.2) is 0 Å². The molecule has 11 aromatic carbocycles. The number of rotatable bonds is 9. The van der Waals surface area contributed by atoms with Crippen LogP contribution in [0.1, 0.15) is 22.3 Å². The van der Waals surface area contributed by atoms with Crippen molar-refractivity contribution in [2.45, 2.75) is 5.41 Å². The van der Waals surface area contributed by atoms with Crippen LogP contribution in [0.5, 0.6) is 0 Å². The van der Waals surface area contributed by atoms with Gasteiger partial charge in [0.1, 0.15) is 0 Å². The van der Waals surface area contributed by atoms with E-state index in [0.717, 1.165) is 33.8 Å². The van der Waals surface area contributed by atoms with Crippen LogP contribution in [0.25, 0.3) is 66.4 Å². The van der Waals surface area contributed by atoms with Gasteiger partial charge in [0, 0.05) is 16.9 Å². The first-order chi connectivity index (χ1) is 32.7. The second kappa shape index (κ2) is 16.6. The minimum absolute atomic E-state index is 0.537. The fourth-order valence-electron chi connectivity index (χ4n) is 10.6. The lowest BCUT2D eigenvalue weighted by Gasteiger charge is -2.35. The normalized spacial score (nSPS) is 12.4. The molecule has 0 spiro atoms. The highest BCUT2D eigenvalue weighted by atomic mass is 15.1. The van der Waals surface area contributed by atoms with Gasteiger partial charge in [-0.05, 0) is 119 Å². The summed E-state index contributed by atoms with van der Waals surface area (Å²) < 4.78 is 0. The van der Waals surface area contributed by atoms with Crippen molar-refractivity contribution in [2.24, 2.45) is 0 Å². The maximum absolute atomic E-state index is 2.48. The topological polar surface area (TPSA) is 3.24 Å². The molecule has 0 aliphatic heterocycles. The Hall–Kier alpha value is -8.52. The lowest BCUT2D eigenvalue weighted by atomic mass is 9.67. The van der Waals surface area contributed by atoms with Gasteiger partial charge in [0.15, 0.2) is 0 Å². The van der Waals surface area contributed by atoms with Crippen LogP contribution in [-0.4, -0.2) is 0 Å². The maximum Gasteiger partial charge on any atom is 0.0714 e. The molecule has 0 aromatic heterocycles. The van der Waals surface area contributed by atoms with E-state index in [0.29, 0.717) is 0 Å². The van der Waals surface area contributed by atoms with Crippen molar-refractivity contribution in [2.75, 3.05) is 4.90 Å². The highest BCUT2D eigenvalue weighted by molar-refractivity contribution is 5.98. The van der Waals surface area contributed by atoms with Gasteiger partial charge < -0.3 is 4.90 Å². The zero-order valence-corrected chi connectivity index (χ0v) is 36.4. The lowest BCUT2D eigenvalue weighted by Crippen LogP contribution is -2.28. The zero-order chi connectivity index (χ0) is 43.9. The maximum atomic E-state index is 2.48. The van der Waals surface area contributed by atoms with Gasteiger partial charge in [-0.2, -0.15) is 0 Å². The minimum Gasteiger partial charge on any atom is -0.310 e. The van der Waals surface area contributed by atoms with Gasteiger partial charge in [0.25, 0.3) is 0 Å². The highest BCUT2D eigenvalue weighted by Crippen LogP contribution is 2.57. The molecule has 12 rings (SSSR count). The first kappa shape index (κ1) is 39.1. The molecule has 1 heteroatoms. The summed E-state index contributed by atoms with van der Waals surface area (Å²) in [7, 11) is 0. The van der Waals surface area contributed by atoms with Crippen molar-refractivity contribution >= 4 is 27.8 Å². The molecule has 1 nitrogen and oxygen atoms in total. The fourth-order valence-corrected chi connectivity index (χ4v) is 10.6. The fraction of sp³-hybridized carbons (Fsp3) is 0.0154. The lowest BCUT2D eigenvalue weighted by molar-refractivity contribution is 0.768. The molecule has 11 aromatic rings. The molecule has 0 radical (unpaired) electrons. The van der Waals surface area contributed by atoms with E-state index >= 15 is 0 Å². The van der Waals surface area contributed by atoms with Gasteiger partial charge in [-0.3, -0.25) is 0 Å². The van der Waals surface area contributed by atoms with Crippen molar-refractivity contribution in [1.82, 2.24) is 0 Å². The third kappa shape index (κ3) is 6.64. The largest absolute Gasteiger partial charge is 0.310 e. The monoisotopic (exact) mass is 839 g/mol. The predicted octanol–water partition coefficient (Wildman–Crippen LogP) is 17.3. The molecule has 1 aliphatic rings. The molecule has 0 amide bonds. The first-order valence-corrected chi connectivity index (χ1v) is 22.8. The van der Waals surface area contributed by atoms with Crippen molar-refractivity contribution < 1.29 is 0 Å². The van der Waals surface area contributed by atoms with E-state index in [2.05, 4.69) is 278 Å². The molecule has 0 atom stereocenters. The smallest absolute Gasteiger partial charge is 0.0714 e. The Bertz CT molecular complexity index is 3470. The second-order valence-corrected chi connectivity index (χ2v) is 17.2. The highest BCUT2D eigenvalue weighted by Gasteiger charge is 2.46. The number of benzene rings is 11. The van der Waals surface area contributed by atoms with Crippen LogP contribution in [0.3, 0.4) is 0 Å². The van der Waals surface area contributed by atoms with E-state index in [1.165, 1.54) is 72.0 Å². The van der Waals surface area contributed by atoms with Crippen LogP contribution in [0.4, 0.5) is 17.1 Å². The van der Waals surface area contributed by atoms with E-state index in [1.54, 1.807) is 0 Å². The number of anilines is 3. The van der Waals surface area contributed by atoms with Crippen LogP contribution < -0.4 is 4.90 Å². The van der Waals surface area contributed by atoms with Crippen LogP contribution in [0.2, 0.25) is 0 Å². The summed E-state index contributed by atoms with van der Waals surface area (Å²) in [5, 5.41) is 2.49. The van der Waals surface area contributed by atoms with Crippen LogP contribution in [0.15, 0.2) is 273 Å². The molecule has 0 saturated carbocycles. The average Bonchev–Trinajstić information content (AvgIpc) is 3.70. The molecular weight excluding hydrogens is 795 g/mol. The molecule has 310 valence electrons. The Morgan fingerprint density at radius 2 is 0.742 bits per heavy atom. The minimum atomic E-state index is -0.537. The van der Waals surface area contributed by atoms with E-state index in [1.807, 2.05) is 0 Å². The van der Waals surface area contributed by atoms with Crippen molar-refractivity contribution in [3.63, 3.8) is 0 Å². The third-order valence-electron chi connectivity index (χ3n) is 13.5. The molecule has 0 unspecified atom stereocenters. The van der Waals surface area contributed by atoms with Crippen LogP contribution in [-0.2, 0) is 5.41 Å². The van der Waals surface area contributed by atoms with Crippen LogP contribution in [0, 0.1) is 0 Å². The third-order valence-corrected chi connectivity index (χ3v) is 13.5. The average molecular weight is 840 g/mol. The van der Waals surface area contributed by atoms with Gasteiger partial charge in [-0.15, -0.1) is 0 Å². The molecule has 1 aliphatic carbocycles. The summed E-state index contributed by atoms with van der Waals surface area (Å²) in [5.41, 5.74) is 19.8. The Labute approximate surface area is 387 Å². The number of para-hydroxylation sites is 1. The molecular formula is C65H45N. The Kier molecular flexibility index (Phi) is 9.81. The van der Waals surface area contributed by atoms with Gasteiger partial charge in [0.05, 0.1) is 11.1 Å². The number of hydrogen-bond donors (Lipinski definition) is 0. The number of fused-ring (bicyclic) bond motifs is 4. The van der Waals surface area contributed by atoms with E-state index in [9.17, 15) is 0 Å². The van der Waals surface area contributed by atoms with Crippen molar-refractivity contribution in [3.8, 4) is 55.6 Å². The summed E-state index contributed by atoms with van der Waals surface area (Å²) in [4.78, 5) is 2.48. The van der Waals surface area contributed by atoms with E-state index in [-0.39, 0.29) is 0 Å². The Balaban J connectivity index is 1.07. The van der Waals surface area contributed by atoms with Crippen LogP contribution >= 0.6 is 0 Å². The zero-order valence-electron chi connectivity index (χ0n) is 36.4. The standard InChI is InChI=1S/C65H45N/c1-4-19-46(20-5-1)47-37-39-48(40-38-47)50-23-17-30-55(44-50)66(64-36-15-13-32-59(64)52-25-16-24-51(43-52)58-34-18-22-49-21-10-11-31-57(49)58)56-41-42-61-60-33-12-14-35-62(60)65(63(61)45-56,53-26-6-2-7-27-53)54-28-8-3-9-29-54/h1-45H. The predicted molar refractivity (Wildman–Crippen MR) is 278 cm³/mol. The number of nitrogens with zero attached hydrogens (tertiary/aromatic N) is 1. The molecule has 0 N–H and O–H groups in total. The Morgan fingerprint density at radius 1 is 0.258 bits per heavy atom. The van der Waals surface area contributed by atoms with E-state index in [4.69, 9.17) is 0 Å². The summed E-state index contributed by atoms with van der Waals surface area (Å²) >= 11 is 0. The molecule has 66 heavy (non-hydrogen) atoms. The van der Waals surface area contributed by atoms with Gasteiger partial charge in [-0.1, -0.05) is 237 Å². The molecule has 0 heterocycles. The molecule has 0 saturated heterocycles. The quantitative estimate of drug-likeness (QED) is 0.140. The van der Waals surface area contributed by atoms with Gasteiger partial charge >= 0.3 is 0 Å². The van der Waals surface area contributed by atoms with Gasteiger partial charge in [0.2, 0.25) is 0 Å². The van der Waals surface area contributed by atoms with Crippen molar-refractivity contribution in [3.05, 3.63) is 295 Å². The van der Waals surface area contributed by atoms with Crippen molar-refractivity contribution in [1.29, 1.82) is 0 Å². The molecule has 0 fully saturated rings. The summed E-state index contributed by atoms with van der Waals surface area (Å²) in [6.45, 7) is 0. The summed E-state index contributed by atoms with van der Waals surface area (Å²) in [6.07, 6.45) is 0. The SMILES string of the molecule is c1ccc(-c2ccc(-c3cccc(N(c4ccc5c(c4)C(c4ccccc4)(c4ccccc4)c4ccccc4-5)c4ccccc4-c4cccc(-c5cccc6ccccc56)c4)c3)cc2)cc1. The number of hydrogen-bond acceptors (Lipinski definition) is 1.